The third kappa shape index (κ3) is 8.91. The summed E-state index contributed by atoms with van der Waals surface area (Å²) in [4.78, 5) is 22.0. The molecule has 0 bridgehead atoms. The number of esters is 2. The monoisotopic (exact) mass is 288 g/mol. The first kappa shape index (κ1) is 18.9. The molecule has 5 nitrogen and oxygen atoms in total. The van der Waals surface area contributed by atoms with Gasteiger partial charge in [0.2, 0.25) is 0 Å². The summed E-state index contributed by atoms with van der Waals surface area (Å²) in [7, 11) is 1.70. The Labute approximate surface area is 122 Å². The minimum absolute atomic E-state index is 0.115. The number of carbonyl (C=O) groups excluding carboxylic acids is 2. The Kier molecular flexibility index (Phi) is 8.46. The van der Waals surface area contributed by atoms with Crippen LogP contribution in [0.3, 0.4) is 0 Å². The number of carbonyl (C=O) groups is 2. The van der Waals surface area contributed by atoms with Crippen molar-refractivity contribution in [3.05, 3.63) is 0 Å². The van der Waals surface area contributed by atoms with Crippen molar-refractivity contribution in [3.8, 4) is 0 Å². The van der Waals surface area contributed by atoms with E-state index in [1.54, 1.807) is 7.11 Å². The highest BCUT2D eigenvalue weighted by atomic mass is 16.6. The molecule has 0 aromatic heterocycles. The van der Waals surface area contributed by atoms with E-state index in [1.807, 2.05) is 20.8 Å². The predicted molar refractivity (Wildman–Crippen MR) is 76.3 cm³/mol. The maximum absolute atomic E-state index is 11.1. The highest BCUT2D eigenvalue weighted by Crippen LogP contribution is 2.21. The molecule has 0 fully saturated rings. The van der Waals surface area contributed by atoms with Gasteiger partial charge in [0.25, 0.3) is 0 Å². The Balaban J connectivity index is 4.28. The smallest absolute Gasteiger partial charge is 0.303 e. The zero-order valence-electron chi connectivity index (χ0n) is 13.5. The highest BCUT2D eigenvalue weighted by molar-refractivity contribution is 5.67. The van der Waals surface area contributed by atoms with Gasteiger partial charge in [-0.15, -0.1) is 0 Å². The van der Waals surface area contributed by atoms with E-state index in [0.717, 1.165) is 19.3 Å². The fraction of sp³-hybridized carbons (Fsp3) is 0.867. The molecule has 5 heteroatoms. The summed E-state index contributed by atoms with van der Waals surface area (Å²) in [6, 6.07) is 0. The SMILES string of the molecule is COC(C)(C)CCC[C@@H](C)[C@@H](COC(C)=O)OC(C)=O. The van der Waals surface area contributed by atoms with Gasteiger partial charge in [0.05, 0.1) is 5.60 Å². The van der Waals surface area contributed by atoms with Crippen LogP contribution in [0.2, 0.25) is 0 Å². The first-order chi connectivity index (χ1) is 9.18. The second-order valence-electron chi connectivity index (χ2n) is 5.78. The van der Waals surface area contributed by atoms with Gasteiger partial charge in [0.15, 0.2) is 0 Å². The lowest BCUT2D eigenvalue weighted by molar-refractivity contribution is -0.159. The Hall–Kier alpha value is -1.10. The predicted octanol–water partition coefficient (Wildman–Crippen LogP) is 2.71. The van der Waals surface area contributed by atoms with Crippen LogP contribution in [0.25, 0.3) is 0 Å². The molecule has 0 heterocycles. The van der Waals surface area contributed by atoms with E-state index < -0.39 is 0 Å². The third-order valence-corrected chi connectivity index (χ3v) is 3.39. The number of hydrogen-bond donors (Lipinski definition) is 0. The zero-order valence-corrected chi connectivity index (χ0v) is 13.5. The first-order valence-electron chi connectivity index (χ1n) is 7.03. The van der Waals surface area contributed by atoms with Crippen LogP contribution >= 0.6 is 0 Å². The molecule has 2 atom stereocenters. The van der Waals surface area contributed by atoms with Crippen LogP contribution < -0.4 is 0 Å². The van der Waals surface area contributed by atoms with Gasteiger partial charge in [-0.25, -0.2) is 0 Å². The largest absolute Gasteiger partial charge is 0.462 e. The molecule has 0 radical (unpaired) electrons. The first-order valence-corrected chi connectivity index (χ1v) is 7.03. The van der Waals surface area contributed by atoms with Gasteiger partial charge in [-0.1, -0.05) is 13.3 Å². The summed E-state index contributed by atoms with van der Waals surface area (Å²) in [5.41, 5.74) is -0.146. The van der Waals surface area contributed by atoms with E-state index in [2.05, 4.69) is 0 Å². The molecule has 118 valence electrons. The summed E-state index contributed by atoms with van der Waals surface area (Å²) in [5.74, 6) is -0.591. The lowest BCUT2D eigenvalue weighted by Crippen LogP contribution is -2.30. The molecule has 0 spiro atoms. The van der Waals surface area contributed by atoms with Crippen molar-refractivity contribution in [1.82, 2.24) is 0 Å². The summed E-state index contributed by atoms with van der Waals surface area (Å²) in [5, 5.41) is 0. The van der Waals surface area contributed by atoms with Gasteiger partial charge in [-0.05, 0) is 32.6 Å². The third-order valence-electron chi connectivity index (χ3n) is 3.39. The maximum atomic E-state index is 11.1. The lowest BCUT2D eigenvalue weighted by atomic mass is 9.93. The van der Waals surface area contributed by atoms with Crippen molar-refractivity contribution in [1.29, 1.82) is 0 Å². The summed E-state index contributed by atoms with van der Waals surface area (Å²) in [6.45, 7) is 8.90. The summed E-state index contributed by atoms with van der Waals surface area (Å²) in [6.07, 6.45) is 2.38. The Morgan fingerprint density at radius 1 is 1.15 bits per heavy atom. The second kappa shape index (κ2) is 8.95. The van der Waals surface area contributed by atoms with Crippen LogP contribution in [0, 0.1) is 5.92 Å². The van der Waals surface area contributed by atoms with E-state index in [1.165, 1.54) is 13.8 Å². The standard InChI is InChI=1S/C15H28O5/c1-11(8-7-9-15(4,5)18-6)14(20-13(3)17)10-19-12(2)16/h11,14H,7-10H2,1-6H3/t11-,14-/m1/s1. The van der Waals surface area contributed by atoms with Gasteiger partial charge >= 0.3 is 11.9 Å². The molecule has 0 unspecified atom stereocenters. The quantitative estimate of drug-likeness (QED) is 0.610. The molecule has 0 aliphatic heterocycles. The van der Waals surface area contributed by atoms with E-state index >= 15 is 0 Å². The van der Waals surface area contributed by atoms with Crippen LogP contribution in [0.15, 0.2) is 0 Å². The van der Waals surface area contributed by atoms with Crippen LogP contribution in [0.5, 0.6) is 0 Å². The van der Waals surface area contributed by atoms with Crippen molar-refractivity contribution in [3.63, 3.8) is 0 Å². The van der Waals surface area contributed by atoms with Gasteiger partial charge < -0.3 is 14.2 Å². The van der Waals surface area contributed by atoms with Crippen LogP contribution in [-0.4, -0.2) is 37.4 Å². The Morgan fingerprint density at radius 2 is 1.75 bits per heavy atom. The van der Waals surface area contributed by atoms with E-state index in [-0.39, 0.29) is 36.2 Å². The van der Waals surface area contributed by atoms with Crippen molar-refractivity contribution in [2.45, 2.75) is 65.6 Å². The molecular weight excluding hydrogens is 260 g/mol. The molecule has 0 aliphatic carbocycles. The molecule has 20 heavy (non-hydrogen) atoms. The minimum Gasteiger partial charge on any atom is -0.462 e. The molecule has 0 amide bonds. The van der Waals surface area contributed by atoms with Crippen LogP contribution in [0.4, 0.5) is 0 Å². The number of ether oxygens (including phenoxy) is 3. The van der Waals surface area contributed by atoms with E-state index in [0.29, 0.717) is 0 Å². The molecule has 0 aromatic carbocycles. The number of rotatable bonds is 9. The Bertz CT molecular complexity index is 311. The van der Waals surface area contributed by atoms with Crippen molar-refractivity contribution in [2.24, 2.45) is 5.92 Å². The second-order valence-corrected chi connectivity index (χ2v) is 5.78. The normalized spacial score (nSPS) is 14.5. The Morgan fingerprint density at radius 3 is 2.20 bits per heavy atom. The molecule has 0 saturated heterocycles. The van der Waals surface area contributed by atoms with Crippen molar-refractivity contribution in [2.75, 3.05) is 13.7 Å². The van der Waals surface area contributed by atoms with Crippen LogP contribution in [-0.2, 0) is 23.8 Å². The zero-order chi connectivity index (χ0) is 15.8. The van der Waals surface area contributed by atoms with Gasteiger partial charge in [0, 0.05) is 21.0 Å². The highest BCUT2D eigenvalue weighted by Gasteiger charge is 2.23. The van der Waals surface area contributed by atoms with Gasteiger partial charge in [-0.3, -0.25) is 9.59 Å². The van der Waals surface area contributed by atoms with Crippen LogP contribution in [0.1, 0.15) is 53.9 Å². The lowest BCUT2D eigenvalue weighted by Gasteiger charge is -2.26. The fourth-order valence-electron chi connectivity index (χ4n) is 1.86. The maximum Gasteiger partial charge on any atom is 0.303 e. The van der Waals surface area contributed by atoms with Crippen molar-refractivity contribution < 1.29 is 23.8 Å². The average Bonchev–Trinajstić information content (AvgIpc) is 2.33. The molecule has 0 rings (SSSR count). The summed E-state index contributed by atoms with van der Waals surface area (Å²) < 4.78 is 15.5. The van der Waals surface area contributed by atoms with E-state index in [9.17, 15) is 9.59 Å². The molecule has 0 saturated carbocycles. The van der Waals surface area contributed by atoms with E-state index in [4.69, 9.17) is 14.2 Å². The minimum atomic E-state index is -0.387. The van der Waals surface area contributed by atoms with Crippen molar-refractivity contribution >= 4 is 11.9 Å². The van der Waals surface area contributed by atoms with Gasteiger partial charge in [0.1, 0.15) is 12.7 Å². The topological polar surface area (TPSA) is 61.8 Å². The number of methoxy groups -OCH3 is 1. The molecule has 0 aromatic rings. The summed E-state index contributed by atoms with van der Waals surface area (Å²) >= 11 is 0. The number of hydrogen-bond acceptors (Lipinski definition) is 5. The molecule has 0 N–H and O–H groups in total. The van der Waals surface area contributed by atoms with Gasteiger partial charge in [-0.2, -0.15) is 0 Å². The fourth-order valence-corrected chi connectivity index (χ4v) is 1.86. The molecule has 0 aliphatic rings. The molecular formula is C15H28O5. The average molecular weight is 288 g/mol.